The van der Waals surface area contributed by atoms with Gasteiger partial charge in [0.2, 0.25) is 0 Å². The Hall–Kier alpha value is -3.58. The first-order valence-electron chi connectivity index (χ1n) is 12.0. The van der Waals surface area contributed by atoms with Crippen molar-refractivity contribution in [3.63, 3.8) is 0 Å². The van der Waals surface area contributed by atoms with E-state index in [1.165, 1.54) is 24.6 Å². The molecule has 3 aromatic rings. The second-order valence-corrected chi connectivity index (χ2v) is 9.56. The normalized spacial score (nSPS) is 17.4. The van der Waals surface area contributed by atoms with Gasteiger partial charge >= 0.3 is 0 Å². The van der Waals surface area contributed by atoms with Crippen molar-refractivity contribution >= 4 is 28.9 Å². The van der Waals surface area contributed by atoms with E-state index in [9.17, 15) is 4.79 Å². The molecule has 5 rings (SSSR count). The Morgan fingerprint density at radius 3 is 2.46 bits per heavy atom. The van der Waals surface area contributed by atoms with Crippen molar-refractivity contribution in [3.05, 3.63) is 83.9 Å². The zero-order valence-corrected chi connectivity index (χ0v) is 20.4. The second-order valence-electron chi connectivity index (χ2n) is 8.55. The molecule has 0 spiro atoms. The Bertz CT molecular complexity index is 1250. The molecule has 0 N–H and O–H groups in total. The third-order valence-electron chi connectivity index (χ3n) is 6.03. The summed E-state index contributed by atoms with van der Waals surface area (Å²) in [5.74, 6) is 0.592. The number of hydrogen-bond acceptors (Lipinski definition) is 5. The van der Waals surface area contributed by atoms with Crippen LogP contribution in [0.2, 0.25) is 0 Å². The SMILES string of the molecule is C=CCOc1ccc(-c2nn(-c3ccccc3)cc2/C=C2\SC(N3CCCCCC3)=NC2=O)cc1. The van der Waals surface area contributed by atoms with Crippen LogP contribution in [0.5, 0.6) is 5.75 Å². The number of thioether (sulfide) groups is 1. The molecule has 0 aliphatic carbocycles. The van der Waals surface area contributed by atoms with Crippen molar-refractivity contribution in [3.8, 4) is 22.7 Å². The Kier molecular flexibility index (Phi) is 7.14. The molecule has 2 aliphatic heterocycles. The molecular formula is C28H28N4O2S. The van der Waals surface area contributed by atoms with Crippen molar-refractivity contribution in [2.75, 3.05) is 19.7 Å². The topological polar surface area (TPSA) is 59.7 Å². The summed E-state index contributed by atoms with van der Waals surface area (Å²) in [6, 6.07) is 17.8. The van der Waals surface area contributed by atoms with Crippen molar-refractivity contribution in [2.24, 2.45) is 4.99 Å². The fraction of sp³-hybridized carbons (Fsp3) is 0.250. The molecule has 0 unspecified atom stereocenters. The van der Waals surface area contributed by atoms with Crippen LogP contribution in [0.4, 0.5) is 0 Å². The number of aromatic nitrogens is 2. The average Bonchev–Trinajstić information content (AvgIpc) is 3.36. The van der Waals surface area contributed by atoms with Gasteiger partial charge in [0.15, 0.2) is 5.17 Å². The second kappa shape index (κ2) is 10.8. The van der Waals surface area contributed by atoms with Gasteiger partial charge in [-0.3, -0.25) is 4.79 Å². The monoisotopic (exact) mass is 484 g/mol. The van der Waals surface area contributed by atoms with Crippen LogP contribution in [-0.4, -0.2) is 45.5 Å². The summed E-state index contributed by atoms with van der Waals surface area (Å²) >= 11 is 1.47. The summed E-state index contributed by atoms with van der Waals surface area (Å²) in [6.45, 7) is 6.07. The van der Waals surface area contributed by atoms with Crippen LogP contribution < -0.4 is 4.74 Å². The van der Waals surface area contributed by atoms with Crippen molar-refractivity contribution < 1.29 is 9.53 Å². The molecule has 3 heterocycles. The molecule has 6 nitrogen and oxygen atoms in total. The van der Waals surface area contributed by atoms with Crippen molar-refractivity contribution in [2.45, 2.75) is 25.7 Å². The number of carbonyl (C=O) groups excluding carboxylic acids is 1. The van der Waals surface area contributed by atoms with E-state index in [4.69, 9.17) is 9.84 Å². The van der Waals surface area contributed by atoms with Crippen LogP contribution in [-0.2, 0) is 4.79 Å². The van der Waals surface area contributed by atoms with E-state index in [-0.39, 0.29) is 5.91 Å². The zero-order chi connectivity index (χ0) is 24.0. The van der Waals surface area contributed by atoms with Gasteiger partial charge in [-0.05, 0) is 67.1 Å². The van der Waals surface area contributed by atoms with Crippen LogP contribution >= 0.6 is 11.8 Å². The van der Waals surface area contributed by atoms with Gasteiger partial charge in [0, 0.05) is 30.4 Å². The van der Waals surface area contributed by atoms with E-state index >= 15 is 0 Å². The summed E-state index contributed by atoms with van der Waals surface area (Å²) in [5.41, 5.74) is 3.57. The van der Waals surface area contributed by atoms with Crippen LogP contribution in [0.25, 0.3) is 23.0 Å². The number of rotatable bonds is 6. The summed E-state index contributed by atoms with van der Waals surface area (Å²) in [6.07, 6.45) is 10.4. The van der Waals surface area contributed by atoms with Gasteiger partial charge in [0.05, 0.1) is 16.3 Å². The highest BCUT2D eigenvalue weighted by atomic mass is 32.2. The lowest BCUT2D eigenvalue weighted by Crippen LogP contribution is -2.28. The fourth-order valence-corrected chi connectivity index (χ4v) is 5.19. The summed E-state index contributed by atoms with van der Waals surface area (Å²) in [5, 5.41) is 5.70. The Morgan fingerprint density at radius 2 is 1.74 bits per heavy atom. The van der Waals surface area contributed by atoms with Gasteiger partial charge < -0.3 is 9.64 Å². The van der Waals surface area contributed by atoms with Crippen LogP contribution in [0.3, 0.4) is 0 Å². The molecule has 1 fully saturated rings. The maximum Gasteiger partial charge on any atom is 0.286 e. The highest BCUT2D eigenvalue weighted by Crippen LogP contribution is 2.34. The Balaban J connectivity index is 1.47. The van der Waals surface area contributed by atoms with Gasteiger partial charge in [-0.2, -0.15) is 10.1 Å². The Morgan fingerprint density at radius 1 is 1.00 bits per heavy atom. The zero-order valence-electron chi connectivity index (χ0n) is 19.6. The maximum atomic E-state index is 12.8. The number of amidine groups is 1. The summed E-state index contributed by atoms with van der Waals surface area (Å²) in [7, 11) is 0. The number of para-hydroxylation sites is 1. The highest BCUT2D eigenvalue weighted by Gasteiger charge is 2.27. The fourth-order valence-electron chi connectivity index (χ4n) is 4.23. The lowest BCUT2D eigenvalue weighted by atomic mass is 10.1. The molecular weight excluding hydrogens is 456 g/mol. The Labute approximate surface area is 210 Å². The first-order valence-corrected chi connectivity index (χ1v) is 12.8. The molecule has 1 amide bonds. The van der Waals surface area contributed by atoms with Gasteiger partial charge in [0.1, 0.15) is 12.4 Å². The standard InChI is InChI=1S/C28H28N4O2S/c1-2-18-34-24-14-12-21(13-15-24)26-22(20-32(30-26)23-10-6-5-7-11-23)19-25-27(33)29-28(35-25)31-16-8-3-4-9-17-31/h2,5-7,10-15,19-20H,1,3-4,8-9,16-18H2/b25-19-. The van der Waals surface area contributed by atoms with E-state index in [0.717, 1.165) is 59.4 Å². The quantitative estimate of drug-likeness (QED) is 0.320. The molecule has 1 aromatic heterocycles. The largest absolute Gasteiger partial charge is 0.490 e. The molecule has 7 heteroatoms. The smallest absolute Gasteiger partial charge is 0.286 e. The van der Waals surface area contributed by atoms with Crippen molar-refractivity contribution in [1.29, 1.82) is 0 Å². The number of hydrogen-bond donors (Lipinski definition) is 0. The number of aliphatic imine (C=N–C) groups is 1. The number of amides is 1. The molecule has 2 aliphatic rings. The van der Waals surface area contributed by atoms with Crippen molar-refractivity contribution in [1.82, 2.24) is 14.7 Å². The predicted octanol–water partition coefficient (Wildman–Crippen LogP) is 5.95. The minimum absolute atomic E-state index is 0.180. The van der Waals surface area contributed by atoms with E-state index < -0.39 is 0 Å². The van der Waals surface area contributed by atoms with Gasteiger partial charge in [-0.1, -0.05) is 43.7 Å². The van der Waals surface area contributed by atoms with Gasteiger partial charge in [0.25, 0.3) is 5.91 Å². The highest BCUT2D eigenvalue weighted by molar-refractivity contribution is 8.18. The number of carbonyl (C=O) groups is 1. The molecule has 2 aromatic carbocycles. The van der Waals surface area contributed by atoms with E-state index in [1.807, 2.05) is 71.6 Å². The number of ether oxygens (including phenoxy) is 1. The third kappa shape index (κ3) is 5.41. The molecule has 0 atom stereocenters. The average molecular weight is 485 g/mol. The van der Waals surface area contributed by atoms with E-state index in [0.29, 0.717) is 11.5 Å². The lowest BCUT2D eigenvalue weighted by molar-refractivity contribution is -0.113. The molecule has 0 radical (unpaired) electrons. The van der Waals surface area contributed by atoms with Crippen LogP contribution in [0.1, 0.15) is 31.2 Å². The van der Waals surface area contributed by atoms with E-state index in [2.05, 4.69) is 16.5 Å². The summed E-state index contributed by atoms with van der Waals surface area (Å²) < 4.78 is 7.48. The molecule has 178 valence electrons. The molecule has 0 saturated carbocycles. The van der Waals surface area contributed by atoms with Crippen LogP contribution in [0, 0.1) is 0 Å². The lowest BCUT2D eigenvalue weighted by Gasteiger charge is -2.20. The molecule has 0 bridgehead atoms. The van der Waals surface area contributed by atoms with Gasteiger partial charge in [-0.25, -0.2) is 4.68 Å². The van der Waals surface area contributed by atoms with E-state index in [1.54, 1.807) is 6.08 Å². The first-order chi connectivity index (χ1) is 17.2. The van der Waals surface area contributed by atoms with Crippen LogP contribution in [0.15, 0.2) is 83.3 Å². The molecule has 35 heavy (non-hydrogen) atoms. The summed E-state index contributed by atoms with van der Waals surface area (Å²) in [4.78, 5) is 20.1. The maximum absolute atomic E-state index is 12.8. The minimum Gasteiger partial charge on any atom is -0.490 e. The predicted molar refractivity (Wildman–Crippen MR) is 143 cm³/mol. The minimum atomic E-state index is -0.180. The van der Waals surface area contributed by atoms with Gasteiger partial charge in [-0.15, -0.1) is 0 Å². The molecule has 1 saturated heterocycles. The first kappa shape index (κ1) is 23.2. The number of nitrogens with zero attached hydrogens (tertiary/aromatic N) is 4. The number of benzene rings is 2. The number of likely N-dealkylation sites (tertiary alicyclic amines) is 1. The third-order valence-corrected chi connectivity index (χ3v) is 7.08.